The van der Waals surface area contributed by atoms with Gasteiger partial charge < -0.3 is 4.74 Å². The molecular weight excluding hydrogens is 264 g/mol. The van der Waals surface area contributed by atoms with Crippen molar-refractivity contribution in [1.29, 1.82) is 0 Å². The van der Waals surface area contributed by atoms with E-state index < -0.39 is 28.9 Å². The normalized spacial score (nSPS) is 13.3. The summed E-state index contributed by atoms with van der Waals surface area (Å²) in [6.07, 6.45) is -4.70. The Kier molecular flexibility index (Phi) is 3.98. The van der Waals surface area contributed by atoms with Crippen molar-refractivity contribution in [2.24, 2.45) is 0 Å². The Balaban J connectivity index is 3.18. The van der Waals surface area contributed by atoms with Gasteiger partial charge in [0.15, 0.2) is 5.38 Å². The summed E-state index contributed by atoms with van der Waals surface area (Å²) in [4.78, 5) is 11.0. The van der Waals surface area contributed by atoms with E-state index >= 15 is 0 Å². The lowest BCUT2D eigenvalue weighted by molar-refractivity contribution is -0.141. The zero-order valence-corrected chi connectivity index (χ0v) is 9.27. The Bertz CT molecular complexity index is 431. The molecule has 2 nitrogen and oxygen atoms in total. The first kappa shape index (κ1) is 13.8. The van der Waals surface area contributed by atoms with Gasteiger partial charge in [-0.25, -0.2) is 4.39 Å². The maximum absolute atomic E-state index is 13.0. The molecule has 0 aliphatic rings. The number of rotatable bonds is 2. The van der Waals surface area contributed by atoms with Crippen LogP contribution in [0.15, 0.2) is 18.2 Å². The smallest absolute Gasteiger partial charge is 0.416 e. The number of methoxy groups -OCH3 is 1. The van der Waals surface area contributed by atoms with E-state index in [4.69, 9.17) is 11.6 Å². The number of hydrogen-bond donors (Lipinski definition) is 0. The molecule has 1 atom stereocenters. The Hall–Kier alpha value is -1.30. The molecule has 0 bridgehead atoms. The lowest BCUT2D eigenvalue weighted by atomic mass is 10.1. The molecule has 1 unspecified atom stereocenters. The first-order valence-corrected chi connectivity index (χ1v) is 4.79. The molecule has 7 heteroatoms. The second kappa shape index (κ2) is 4.91. The highest BCUT2D eigenvalue weighted by Crippen LogP contribution is 2.33. The van der Waals surface area contributed by atoms with Crippen molar-refractivity contribution in [2.45, 2.75) is 11.6 Å². The summed E-state index contributed by atoms with van der Waals surface area (Å²) >= 11 is 5.54. The van der Waals surface area contributed by atoms with Gasteiger partial charge in [0, 0.05) is 0 Å². The summed E-state index contributed by atoms with van der Waals surface area (Å²) in [5, 5.41) is -1.48. The summed E-state index contributed by atoms with van der Waals surface area (Å²) in [6, 6.07) is 1.69. The van der Waals surface area contributed by atoms with E-state index in [0.717, 1.165) is 13.2 Å². The molecule has 0 aromatic heterocycles. The molecule has 17 heavy (non-hydrogen) atoms. The number of halogens is 5. The molecule has 0 saturated heterocycles. The minimum Gasteiger partial charge on any atom is -0.468 e. The van der Waals surface area contributed by atoms with Crippen LogP contribution in [0.4, 0.5) is 17.6 Å². The van der Waals surface area contributed by atoms with Crippen LogP contribution in [0.1, 0.15) is 16.5 Å². The number of carbonyl (C=O) groups excluding carboxylic acids is 1. The second-order valence-electron chi connectivity index (χ2n) is 3.16. The summed E-state index contributed by atoms with van der Waals surface area (Å²) in [5.41, 5.74) is -1.51. The van der Waals surface area contributed by atoms with Crippen LogP contribution >= 0.6 is 11.6 Å². The first-order valence-electron chi connectivity index (χ1n) is 4.35. The molecule has 0 radical (unpaired) electrons. The fourth-order valence-electron chi connectivity index (χ4n) is 1.16. The van der Waals surface area contributed by atoms with Crippen molar-refractivity contribution >= 4 is 17.6 Å². The SMILES string of the molecule is COC(=O)C(Cl)c1cc(F)cc(C(F)(F)F)c1. The maximum atomic E-state index is 13.0. The molecule has 0 fully saturated rings. The van der Waals surface area contributed by atoms with E-state index in [1.165, 1.54) is 0 Å². The number of alkyl halides is 4. The third kappa shape index (κ3) is 3.33. The minimum atomic E-state index is -4.70. The third-order valence-corrected chi connectivity index (χ3v) is 2.38. The summed E-state index contributed by atoms with van der Waals surface area (Å²) in [7, 11) is 1.03. The minimum absolute atomic E-state index is 0.300. The highest BCUT2D eigenvalue weighted by Gasteiger charge is 2.32. The van der Waals surface area contributed by atoms with Gasteiger partial charge in [-0.1, -0.05) is 0 Å². The van der Waals surface area contributed by atoms with Crippen LogP contribution in [-0.2, 0) is 15.7 Å². The van der Waals surface area contributed by atoms with Gasteiger partial charge in [-0.15, -0.1) is 11.6 Å². The summed E-state index contributed by atoms with van der Waals surface area (Å²) in [6.45, 7) is 0. The molecule has 0 spiro atoms. The van der Waals surface area contributed by atoms with Crippen molar-refractivity contribution < 1.29 is 27.1 Å². The molecule has 0 aliphatic carbocycles. The molecule has 1 rings (SSSR count). The van der Waals surface area contributed by atoms with Crippen molar-refractivity contribution in [3.63, 3.8) is 0 Å². The number of benzene rings is 1. The number of carbonyl (C=O) groups is 1. The van der Waals surface area contributed by atoms with Crippen molar-refractivity contribution in [3.8, 4) is 0 Å². The lowest BCUT2D eigenvalue weighted by Crippen LogP contribution is -2.12. The lowest BCUT2D eigenvalue weighted by Gasteiger charge is -2.11. The van der Waals surface area contributed by atoms with Gasteiger partial charge in [-0.3, -0.25) is 4.79 Å². The van der Waals surface area contributed by atoms with Crippen molar-refractivity contribution in [1.82, 2.24) is 0 Å². The maximum Gasteiger partial charge on any atom is 0.416 e. The van der Waals surface area contributed by atoms with Crippen LogP contribution in [0.2, 0.25) is 0 Å². The van der Waals surface area contributed by atoms with Gasteiger partial charge in [0.1, 0.15) is 5.82 Å². The third-order valence-electron chi connectivity index (χ3n) is 1.95. The second-order valence-corrected chi connectivity index (χ2v) is 3.59. The highest BCUT2D eigenvalue weighted by molar-refractivity contribution is 6.29. The highest BCUT2D eigenvalue weighted by atomic mass is 35.5. The van der Waals surface area contributed by atoms with Gasteiger partial charge in [0.2, 0.25) is 0 Å². The molecule has 1 aromatic carbocycles. The Labute approximate surface area is 99.1 Å². The predicted octanol–water partition coefficient (Wildman–Crippen LogP) is 3.30. The first-order chi connectivity index (χ1) is 7.75. The van der Waals surface area contributed by atoms with Gasteiger partial charge >= 0.3 is 12.1 Å². The topological polar surface area (TPSA) is 26.3 Å². The number of esters is 1. The molecule has 0 aliphatic heterocycles. The zero-order chi connectivity index (χ0) is 13.2. The van der Waals surface area contributed by atoms with E-state index in [1.54, 1.807) is 0 Å². The van der Waals surface area contributed by atoms with Gasteiger partial charge in [-0.05, 0) is 23.8 Å². The van der Waals surface area contributed by atoms with E-state index in [1.807, 2.05) is 0 Å². The van der Waals surface area contributed by atoms with Crippen LogP contribution in [0.3, 0.4) is 0 Å². The predicted molar refractivity (Wildman–Crippen MR) is 52.0 cm³/mol. The fourth-order valence-corrected chi connectivity index (χ4v) is 1.38. The van der Waals surface area contributed by atoms with Gasteiger partial charge in [0.05, 0.1) is 12.7 Å². The molecule has 94 valence electrons. The monoisotopic (exact) mass is 270 g/mol. The van der Waals surface area contributed by atoms with Crippen LogP contribution in [0.25, 0.3) is 0 Å². The number of ether oxygens (including phenoxy) is 1. The molecule has 1 aromatic rings. The van der Waals surface area contributed by atoms with E-state index in [2.05, 4.69) is 4.74 Å². The van der Waals surface area contributed by atoms with Crippen LogP contribution < -0.4 is 0 Å². The van der Waals surface area contributed by atoms with E-state index in [-0.39, 0.29) is 5.56 Å². The largest absolute Gasteiger partial charge is 0.468 e. The van der Waals surface area contributed by atoms with E-state index in [9.17, 15) is 22.4 Å². The Morgan fingerprint density at radius 1 is 1.35 bits per heavy atom. The summed E-state index contributed by atoms with van der Waals surface area (Å²) in [5.74, 6) is -2.07. The fraction of sp³-hybridized carbons (Fsp3) is 0.300. The summed E-state index contributed by atoms with van der Waals surface area (Å²) < 4.78 is 54.3. The average molecular weight is 271 g/mol. The Morgan fingerprint density at radius 3 is 2.41 bits per heavy atom. The Morgan fingerprint density at radius 2 is 1.94 bits per heavy atom. The average Bonchev–Trinajstić information content (AvgIpc) is 2.25. The van der Waals surface area contributed by atoms with E-state index in [0.29, 0.717) is 12.1 Å². The van der Waals surface area contributed by atoms with Crippen molar-refractivity contribution in [2.75, 3.05) is 7.11 Å². The van der Waals surface area contributed by atoms with Crippen LogP contribution in [0.5, 0.6) is 0 Å². The molecular formula is C10H7ClF4O2. The standard InChI is InChI=1S/C10H7ClF4O2/c1-17-9(16)8(11)5-2-6(10(13,14)15)4-7(12)3-5/h2-4,8H,1H3. The van der Waals surface area contributed by atoms with Gasteiger partial charge in [-0.2, -0.15) is 13.2 Å². The van der Waals surface area contributed by atoms with Crippen LogP contribution in [-0.4, -0.2) is 13.1 Å². The zero-order valence-electron chi connectivity index (χ0n) is 8.52. The molecule has 0 saturated carbocycles. The van der Waals surface area contributed by atoms with Crippen LogP contribution in [0, 0.1) is 5.82 Å². The number of hydrogen-bond acceptors (Lipinski definition) is 2. The molecule has 0 amide bonds. The van der Waals surface area contributed by atoms with Gasteiger partial charge in [0.25, 0.3) is 0 Å². The molecule has 0 N–H and O–H groups in total. The van der Waals surface area contributed by atoms with Crippen molar-refractivity contribution in [3.05, 3.63) is 35.1 Å². The molecule has 0 heterocycles. The quantitative estimate of drug-likeness (QED) is 0.468.